The third-order valence-electron chi connectivity index (χ3n) is 8.60. The zero-order valence-electron chi connectivity index (χ0n) is 25.3. The standard InChI is InChI=1S/C33H36N8O4/c1-23-17-41(33(42)29-20-44-22-38-29)10-9-30(23)45-31-8-3-24(15-25(31)16-34)32(35-2)37-21-36-26-4-6-27(7-5-26)39-11-13-40(14-12-39)28-18-43-19-28/h3-8,15,20-23,28,30H,2,9-14,17-19H2,1H3/t23-,30+/m1/s1. The van der Waals surface area contributed by atoms with E-state index in [1.54, 1.807) is 23.1 Å². The van der Waals surface area contributed by atoms with Gasteiger partial charge in [-0.25, -0.2) is 20.0 Å². The van der Waals surface area contributed by atoms with Crippen LogP contribution in [-0.4, -0.2) is 104 Å². The number of amides is 1. The summed E-state index contributed by atoms with van der Waals surface area (Å²) in [5.41, 5.74) is 3.25. The lowest BCUT2D eigenvalue weighted by atomic mass is 9.96. The van der Waals surface area contributed by atoms with Crippen LogP contribution < -0.4 is 9.64 Å². The van der Waals surface area contributed by atoms with Crippen molar-refractivity contribution in [3.05, 3.63) is 71.9 Å². The van der Waals surface area contributed by atoms with Crippen molar-refractivity contribution in [3.63, 3.8) is 0 Å². The molecule has 3 aliphatic rings. The summed E-state index contributed by atoms with van der Waals surface area (Å²) in [6.07, 6.45) is 4.53. The lowest BCUT2D eigenvalue weighted by Crippen LogP contribution is -2.56. The van der Waals surface area contributed by atoms with Crippen LogP contribution in [0.4, 0.5) is 11.4 Å². The maximum atomic E-state index is 12.6. The van der Waals surface area contributed by atoms with Gasteiger partial charge >= 0.3 is 0 Å². The molecule has 0 radical (unpaired) electrons. The average Bonchev–Trinajstić information content (AvgIpc) is 3.59. The van der Waals surface area contributed by atoms with Gasteiger partial charge in [0.1, 0.15) is 30.5 Å². The first-order valence-corrected chi connectivity index (χ1v) is 15.1. The van der Waals surface area contributed by atoms with Crippen LogP contribution in [0.25, 0.3) is 0 Å². The highest BCUT2D eigenvalue weighted by Crippen LogP contribution is 2.28. The largest absolute Gasteiger partial charge is 0.489 e. The van der Waals surface area contributed by atoms with Gasteiger partial charge in [0, 0.05) is 62.9 Å². The van der Waals surface area contributed by atoms with E-state index >= 15 is 0 Å². The first-order valence-electron chi connectivity index (χ1n) is 15.1. The Balaban J connectivity index is 1.05. The number of carbonyl (C=O) groups is 1. The second-order valence-electron chi connectivity index (χ2n) is 11.5. The molecule has 0 saturated carbocycles. The fraction of sp³-hybridized carbons (Fsp3) is 0.394. The predicted molar refractivity (Wildman–Crippen MR) is 171 cm³/mol. The number of rotatable bonds is 8. The molecule has 2 atom stereocenters. The molecule has 2 aromatic carbocycles. The molecule has 12 nitrogen and oxygen atoms in total. The molecule has 0 bridgehead atoms. The van der Waals surface area contributed by atoms with Gasteiger partial charge in [-0.05, 0) is 49.2 Å². The molecule has 3 aromatic rings. The van der Waals surface area contributed by atoms with Crippen LogP contribution in [0.5, 0.6) is 5.75 Å². The summed E-state index contributed by atoms with van der Waals surface area (Å²) in [6, 6.07) is 16.2. The SMILES string of the molecule is C=NC(=NC=Nc1ccc(N2CCN(C3COC3)CC2)cc1)c1ccc(O[C@H]2CCN(C(=O)c3cocn3)C[C@H]2C)c(C#N)c1. The van der Waals surface area contributed by atoms with Gasteiger partial charge < -0.3 is 23.7 Å². The number of nitriles is 1. The van der Waals surface area contributed by atoms with Crippen LogP contribution >= 0.6 is 0 Å². The first kappa shape index (κ1) is 30.2. The zero-order chi connectivity index (χ0) is 31.2. The number of benzene rings is 2. The molecular formula is C33H36N8O4. The number of hydrogen-bond acceptors (Lipinski definition) is 9. The van der Waals surface area contributed by atoms with Crippen molar-refractivity contribution < 1.29 is 18.7 Å². The van der Waals surface area contributed by atoms with Crippen molar-refractivity contribution in [1.82, 2.24) is 14.8 Å². The summed E-state index contributed by atoms with van der Waals surface area (Å²) in [5, 5.41) is 9.88. The van der Waals surface area contributed by atoms with Gasteiger partial charge in [-0.2, -0.15) is 5.26 Å². The monoisotopic (exact) mass is 608 g/mol. The van der Waals surface area contributed by atoms with Gasteiger partial charge in [0.15, 0.2) is 17.9 Å². The van der Waals surface area contributed by atoms with Gasteiger partial charge in [-0.15, -0.1) is 0 Å². The number of carbonyl (C=O) groups excluding carboxylic acids is 1. The number of piperazine rings is 1. The van der Waals surface area contributed by atoms with E-state index in [0.29, 0.717) is 54.0 Å². The molecule has 0 aliphatic carbocycles. The number of amidine groups is 1. The second kappa shape index (κ2) is 13.8. The van der Waals surface area contributed by atoms with E-state index in [9.17, 15) is 10.1 Å². The lowest BCUT2D eigenvalue weighted by Gasteiger charge is -2.43. The molecular weight excluding hydrogens is 572 g/mol. The Bertz CT molecular complexity index is 1590. The fourth-order valence-corrected chi connectivity index (χ4v) is 5.87. The number of nitrogens with zero attached hydrogens (tertiary/aromatic N) is 8. The molecule has 4 heterocycles. The lowest BCUT2D eigenvalue weighted by molar-refractivity contribution is -0.0660. The van der Waals surface area contributed by atoms with E-state index in [0.717, 1.165) is 45.1 Å². The van der Waals surface area contributed by atoms with Gasteiger partial charge in [0.2, 0.25) is 0 Å². The summed E-state index contributed by atoms with van der Waals surface area (Å²) in [6.45, 7) is 12.5. The van der Waals surface area contributed by atoms with Gasteiger partial charge in [0.05, 0.1) is 30.5 Å². The molecule has 3 fully saturated rings. The molecule has 45 heavy (non-hydrogen) atoms. The Hall–Kier alpha value is -4.86. The van der Waals surface area contributed by atoms with E-state index in [2.05, 4.69) is 54.7 Å². The number of anilines is 1. The molecule has 3 aliphatic heterocycles. The number of oxazole rings is 1. The molecule has 6 rings (SSSR count). The maximum Gasteiger partial charge on any atom is 0.275 e. The average molecular weight is 609 g/mol. The summed E-state index contributed by atoms with van der Waals surface area (Å²) >= 11 is 0. The maximum absolute atomic E-state index is 12.6. The number of hydrogen-bond donors (Lipinski definition) is 0. The van der Waals surface area contributed by atoms with E-state index < -0.39 is 0 Å². The van der Waals surface area contributed by atoms with Crippen molar-refractivity contribution in [2.24, 2.45) is 20.9 Å². The highest BCUT2D eigenvalue weighted by Gasteiger charge is 2.32. The highest BCUT2D eigenvalue weighted by molar-refractivity contribution is 6.05. The van der Waals surface area contributed by atoms with Crippen molar-refractivity contribution in [3.8, 4) is 11.8 Å². The molecule has 232 valence electrons. The minimum Gasteiger partial charge on any atom is -0.489 e. The topological polar surface area (TPSA) is 132 Å². The number of aliphatic imine (C=N–C) groups is 3. The van der Waals surface area contributed by atoms with Crippen LogP contribution in [0, 0.1) is 17.2 Å². The Labute approximate surface area is 262 Å². The van der Waals surface area contributed by atoms with Crippen molar-refractivity contribution >= 4 is 36.2 Å². The van der Waals surface area contributed by atoms with Crippen LogP contribution in [0.15, 0.2) is 74.5 Å². The smallest absolute Gasteiger partial charge is 0.275 e. The van der Waals surface area contributed by atoms with E-state index in [4.69, 9.17) is 13.9 Å². The van der Waals surface area contributed by atoms with Gasteiger partial charge in [0.25, 0.3) is 5.91 Å². The van der Waals surface area contributed by atoms with Gasteiger partial charge in [-0.3, -0.25) is 9.69 Å². The molecule has 0 spiro atoms. The fourth-order valence-electron chi connectivity index (χ4n) is 5.87. The number of piperidine rings is 1. The Morgan fingerprint density at radius 2 is 1.93 bits per heavy atom. The Kier molecular flexibility index (Phi) is 9.28. The van der Waals surface area contributed by atoms with Crippen molar-refractivity contribution in [1.29, 1.82) is 5.26 Å². The van der Waals surface area contributed by atoms with E-state index in [1.807, 2.05) is 19.1 Å². The van der Waals surface area contributed by atoms with E-state index in [-0.39, 0.29) is 17.9 Å². The Morgan fingerprint density at radius 1 is 1.13 bits per heavy atom. The quantitative estimate of drug-likeness (QED) is 0.279. The zero-order valence-corrected chi connectivity index (χ0v) is 25.3. The number of likely N-dealkylation sites (tertiary alicyclic amines) is 1. The molecule has 0 unspecified atom stereocenters. The van der Waals surface area contributed by atoms with Gasteiger partial charge in [-0.1, -0.05) is 6.92 Å². The first-order chi connectivity index (χ1) is 22.0. The molecule has 1 amide bonds. The molecule has 12 heteroatoms. The Morgan fingerprint density at radius 3 is 2.58 bits per heavy atom. The van der Waals surface area contributed by atoms with Crippen LogP contribution in [0.3, 0.4) is 0 Å². The predicted octanol–water partition coefficient (Wildman–Crippen LogP) is 3.80. The third-order valence-corrected chi connectivity index (χ3v) is 8.60. The molecule has 1 aromatic heterocycles. The summed E-state index contributed by atoms with van der Waals surface area (Å²) in [4.78, 5) is 36.2. The summed E-state index contributed by atoms with van der Waals surface area (Å²) in [7, 11) is 0. The molecule has 0 N–H and O–H groups in total. The van der Waals surface area contributed by atoms with Crippen molar-refractivity contribution in [2.45, 2.75) is 25.5 Å². The normalized spacial score (nSPS) is 21.4. The molecule has 3 saturated heterocycles. The number of ether oxygens (including phenoxy) is 2. The third kappa shape index (κ3) is 6.95. The minimum absolute atomic E-state index is 0.0516. The highest BCUT2D eigenvalue weighted by atomic mass is 16.5. The van der Waals surface area contributed by atoms with E-state index in [1.165, 1.54) is 24.7 Å². The van der Waals surface area contributed by atoms with Crippen LogP contribution in [0.2, 0.25) is 0 Å². The van der Waals surface area contributed by atoms with Crippen molar-refractivity contribution in [2.75, 3.05) is 57.4 Å². The van der Waals surface area contributed by atoms with Crippen LogP contribution in [-0.2, 0) is 4.74 Å². The van der Waals surface area contributed by atoms with Crippen LogP contribution in [0.1, 0.15) is 35.0 Å². The summed E-state index contributed by atoms with van der Waals surface area (Å²) < 4.78 is 16.6. The second-order valence-corrected chi connectivity index (χ2v) is 11.5. The minimum atomic E-state index is -0.162. The summed E-state index contributed by atoms with van der Waals surface area (Å²) in [5.74, 6) is 0.715. The number of aromatic nitrogens is 1.